The van der Waals surface area contributed by atoms with Gasteiger partial charge in [-0.2, -0.15) is 0 Å². The van der Waals surface area contributed by atoms with Crippen molar-refractivity contribution in [3.63, 3.8) is 0 Å². The molecule has 0 saturated heterocycles. The van der Waals surface area contributed by atoms with Gasteiger partial charge in [0.1, 0.15) is 4.90 Å². The first-order chi connectivity index (χ1) is 15.6. The van der Waals surface area contributed by atoms with Crippen LogP contribution in [-0.4, -0.2) is 60.4 Å². The summed E-state index contributed by atoms with van der Waals surface area (Å²) in [5.74, 6) is -0.362. The van der Waals surface area contributed by atoms with Crippen molar-refractivity contribution in [2.45, 2.75) is 33.6 Å². The van der Waals surface area contributed by atoms with Crippen LogP contribution in [0.2, 0.25) is 0 Å². The number of nitrogens with one attached hydrogen (secondary N) is 2. The summed E-state index contributed by atoms with van der Waals surface area (Å²) in [6.07, 6.45) is 1.57. The molecule has 2 aromatic carbocycles. The number of hydrogen-bond donors (Lipinski definition) is 4. The van der Waals surface area contributed by atoms with Crippen molar-refractivity contribution < 1.29 is 21.4 Å². The van der Waals surface area contributed by atoms with Crippen LogP contribution in [0.5, 0.6) is 0 Å². The van der Waals surface area contributed by atoms with E-state index in [4.69, 9.17) is 10.9 Å². The molecule has 4 rings (SSSR count). The quantitative estimate of drug-likeness (QED) is 0.275. The van der Waals surface area contributed by atoms with Gasteiger partial charge < -0.3 is 10.3 Å². The Balaban J connectivity index is 1.95. The predicted molar refractivity (Wildman–Crippen MR) is 120 cm³/mol. The summed E-state index contributed by atoms with van der Waals surface area (Å²) in [4.78, 5) is -0.434. The lowest BCUT2D eigenvalue weighted by molar-refractivity contribution is 0.581. The van der Waals surface area contributed by atoms with Gasteiger partial charge in [0.05, 0.1) is 27.6 Å². The molecule has 1 fully saturated rings. The highest BCUT2D eigenvalue weighted by atomic mass is 32.2. The molecule has 1 aromatic heterocycles. The van der Waals surface area contributed by atoms with Crippen molar-refractivity contribution >= 4 is 31.2 Å². The van der Waals surface area contributed by atoms with E-state index in [1.807, 2.05) is 0 Å². The van der Waals surface area contributed by atoms with Gasteiger partial charge in [0.2, 0.25) is 14.9 Å². The topological polar surface area (TPSA) is 210 Å². The third-order valence-electron chi connectivity index (χ3n) is 4.98. The number of nitrogens with zero attached hydrogens (tertiary/aromatic N) is 3. The van der Waals surface area contributed by atoms with Crippen LogP contribution in [0.1, 0.15) is 12.8 Å². The molecule has 176 valence electrons. The normalized spacial score (nSPS) is 15.5. The van der Waals surface area contributed by atoms with E-state index in [9.17, 15) is 21.4 Å². The smallest absolute Gasteiger partial charge is 0.240 e. The first-order valence-electron chi connectivity index (χ1n) is 9.77. The van der Waals surface area contributed by atoms with E-state index in [1.165, 1.54) is 24.3 Å². The minimum atomic E-state index is -3.92. The third kappa shape index (κ3) is 4.93. The van der Waals surface area contributed by atoms with E-state index in [1.54, 1.807) is 12.1 Å². The van der Waals surface area contributed by atoms with Crippen LogP contribution in [0.25, 0.3) is 22.5 Å². The van der Waals surface area contributed by atoms with E-state index in [0.29, 0.717) is 11.1 Å². The lowest BCUT2D eigenvalue weighted by atomic mass is 9.99. The van der Waals surface area contributed by atoms with Gasteiger partial charge in [-0.1, -0.05) is 18.2 Å². The maximum atomic E-state index is 12.8. The second-order valence-electron chi connectivity index (χ2n) is 7.39. The van der Waals surface area contributed by atoms with Gasteiger partial charge in [-0.05, 0) is 52.6 Å². The number of hydrogen-bond acceptors (Lipinski definition) is 10. The second kappa shape index (κ2) is 9.09. The SMILES string of the molecule is NCCS(=O)(=O)c1ccc(-c2cccc(S(=O)(=O)NC3CC3)c2)c(-c2nnn[nH]2)c1[S+](N)[O-]. The van der Waals surface area contributed by atoms with Gasteiger partial charge in [0, 0.05) is 12.6 Å². The number of tetrazole rings is 1. The molecule has 1 saturated carbocycles. The van der Waals surface area contributed by atoms with Gasteiger partial charge in [0.15, 0.2) is 15.7 Å². The average molecular weight is 512 g/mol. The zero-order valence-electron chi connectivity index (χ0n) is 17.1. The number of benzene rings is 2. The van der Waals surface area contributed by atoms with E-state index < -0.39 is 31.2 Å². The second-order valence-corrected chi connectivity index (χ2v) is 12.2. The standard InChI is InChI=1S/C18H21N7O5S3/c19-8-9-32(27,28)15-7-6-14(16(17(15)31(20)26)18-21-24-25-22-18)11-2-1-3-13(10-11)33(29,30)23-12-4-5-12/h1-3,6-7,10,12,23H,4-5,8-9,19-20H2,(H,21,22,24,25). The Bertz CT molecular complexity index is 1370. The molecule has 1 atom stereocenters. The predicted octanol–water partition coefficient (Wildman–Crippen LogP) is -0.312. The monoisotopic (exact) mass is 511 g/mol. The van der Waals surface area contributed by atoms with Crippen molar-refractivity contribution in [1.82, 2.24) is 25.3 Å². The Morgan fingerprint density at radius 1 is 1.18 bits per heavy atom. The molecule has 0 radical (unpaired) electrons. The molecule has 12 nitrogen and oxygen atoms in total. The number of aromatic nitrogens is 4. The first-order valence-corrected chi connectivity index (χ1v) is 14.1. The van der Waals surface area contributed by atoms with E-state index in [2.05, 4.69) is 25.3 Å². The molecule has 1 heterocycles. The highest BCUT2D eigenvalue weighted by molar-refractivity contribution is 7.93. The highest BCUT2D eigenvalue weighted by Gasteiger charge is 2.33. The zero-order chi connectivity index (χ0) is 23.8. The van der Waals surface area contributed by atoms with Crippen LogP contribution < -0.4 is 15.6 Å². The summed E-state index contributed by atoms with van der Waals surface area (Å²) in [6.45, 7) is -0.145. The largest absolute Gasteiger partial charge is 0.593 e. The van der Waals surface area contributed by atoms with E-state index in [0.717, 1.165) is 12.8 Å². The number of H-pyrrole nitrogens is 1. The molecule has 0 aliphatic heterocycles. The Labute approximate surface area is 193 Å². The van der Waals surface area contributed by atoms with Crippen LogP contribution >= 0.6 is 0 Å². The Morgan fingerprint density at radius 3 is 2.55 bits per heavy atom. The fourth-order valence-corrected chi connectivity index (χ4v) is 7.18. The first kappa shape index (κ1) is 23.7. The summed E-state index contributed by atoms with van der Waals surface area (Å²) >= 11 is -2.26. The van der Waals surface area contributed by atoms with Gasteiger partial charge in [-0.25, -0.2) is 26.7 Å². The molecule has 0 amide bonds. The van der Waals surface area contributed by atoms with Crippen molar-refractivity contribution in [1.29, 1.82) is 0 Å². The maximum Gasteiger partial charge on any atom is 0.240 e. The number of rotatable bonds is 9. The summed E-state index contributed by atoms with van der Waals surface area (Å²) in [6, 6.07) is 8.74. The van der Waals surface area contributed by atoms with Crippen molar-refractivity contribution in [3.05, 3.63) is 36.4 Å². The summed E-state index contributed by atoms with van der Waals surface area (Å²) < 4.78 is 66.2. The van der Waals surface area contributed by atoms with Gasteiger partial charge in [-0.15, -0.1) is 10.2 Å². The van der Waals surface area contributed by atoms with Crippen LogP contribution in [0.15, 0.2) is 51.1 Å². The zero-order valence-corrected chi connectivity index (χ0v) is 19.6. The number of aromatic amines is 1. The number of nitrogens with two attached hydrogens (primary N) is 2. The number of sulfone groups is 1. The molecule has 1 aliphatic carbocycles. The minimum absolute atomic E-state index is 0.0213. The molecule has 33 heavy (non-hydrogen) atoms. The molecular formula is C18H21N7O5S3. The number of sulfonamides is 1. The Morgan fingerprint density at radius 2 is 1.94 bits per heavy atom. The molecule has 15 heteroatoms. The van der Waals surface area contributed by atoms with Crippen molar-refractivity contribution in [3.8, 4) is 22.5 Å². The fourth-order valence-electron chi connectivity index (χ4n) is 3.33. The van der Waals surface area contributed by atoms with Gasteiger partial charge in [0.25, 0.3) is 0 Å². The minimum Gasteiger partial charge on any atom is -0.593 e. The molecule has 1 unspecified atom stereocenters. The lowest BCUT2D eigenvalue weighted by Crippen LogP contribution is -2.25. The maximum absolute atomic E-state index is 12.8. The molecule has 0 bridgehead atoms. The molecule has 6 N–H and O–H groups in total. The lowest BCUT2D eigenvalue weighted by Gasteiger charge is -2.17. The van der Waals surface area contributed by atoms with Gasteiger partial charge >= 0.3 is 0 Å². The summed E-state index contributed by atoms with van der Waals surface area (Å²) in [5, 5.41) is 19.1. The van der Waals surface area contributed by atoms with E-state index in [-0.39, 0.29) is 44.4 Å². The summed E-state index contributed by atoms with van der Waals surface area (Å²) in [7, 11) is -7.67. The fraction of sp³-hybridized carbons (Fsp3) is 0.278. The molecule has 3 aromatic rings. The third-order valence-corrected chi connectivity index (χ3v) is 9.24. The molecule has 0 spiro atoms. The Kier molecular flexibility index (Phi) is 6.54. The average Bonchev–Trinajstić information content (AvgIpc) is 3.40. The molecule has 1 aliphatic rings. The Hall–Kier alpha value is -2.40. The van der Waals surface area contributed by atoms with Gasteiger partial charge in [-0.3, -0.25) is 0 Å². The molecular weight excluding hydrogens is 490 g/mol. The van der Waals surface area contributed by atoms with Crippen molar-refractivity contribution in [2.75, 3.05) is 12.3 Å². The van der Waals surface area contributed by atoms with Crippen LogP contribution in [0, 0.1) is 0 Å². The highest BCUT2D eigenvalue weighted by Crippen LogP contribution is 2.39. The van der Waals surface area contributed by atoms with Crippen LogP contribution in [0.4, 0.5) is 0 Å². The van der Waals surface area contributed by atoms with Crippen LogP contribution in [-0.2, 0) is 31.2 Å². The van der Waals surface area contributed by atoms with Crippen LogP contribution in [0.3, 0.4) is 0 Å². The summed E-state index contributed by atoms with van der Waals surface area (Å²) in [5.41, 5.74) is 6.28. The van der Waals surface area contributed by atoms with Crippen molar-refractivity contribution in [2.24, 2.45) is 10.9 Å². The van der Waals surface area contributed by atoms with E-state index >= 15 is 0 Å².